The van der Waals surface area contributed by atoms with Gasteiger partial charge in [0, 0.05) is 16.5 Å². The van der Waals surface area contributed by atoms with E-state index in [4.69, 9.17) is 16.3 Å². The van der Waals surface area contributed by atoms with Crippen molar-refractivity contribution in [3.63, 3.8) is 0 Å². The van der Waals surface area contributed by atoms with E-state index in [0.717, 1.165) is 22.0 Å². The second-order valence-corrected chi connectivity index (χ2v) is 7.63. The third-order valence-electron chi connectivity index (χ3n) is 3.97. The molecule has 0 saturated heterocycles. The summed E-state index contributed by atoms with van der Waals surface area (Å²) in [6.45, 7) is 5.45. The fourth-order valence-corrected chi connectivity index (χ4v) is 3.02. The van der Waals surface area contributed by atoms with Crippen molar-refractivity contribution >= 4 is 51.0 Å². The van der Waals surface area contributed by atoms with Gasteiger partial charge < -0.3 is 10.1 Å². The number of hydrogen-bond acceptors (Lipinski definition) is 6. The average Bonchev–Trinajstić information content (AvgIpc) is 3.03. The van der Waals surface area contributed by atoms with Gasteiger partial charge in [0.25, 0.3) is 0 Å². The number of halogens is 1. The minimum Gasteiger partial charge on any atom is -0.442 e. The van der Waals surface area contributed by atoms with E-state index in [0.29, 0.717) is 11.3 Å². The smallest absolute Gasteiger partial charge is 0.435 e. The number of carbonyl (C=O) groups is 1. The van der Waals surface area contributed by atoms with E-state index in [2.05, 4.69) is 20.4 Å². The maximum atomic E-state index is 12.3. The number of aromatic nitrogens is 4. The zero-order valence-corrected chi connectivity index (χ0v) is 16.4. The molecule has 0 unspecified atom stereocenters. The quantitative estimate of drug-likeness (QED) is 0.472. The number of carbonyl (C=O) groups excluding carboxylic acids is 1. The highest BCUT2D eigenvalue weighted by Gasteiger charge is 2.20. The van der Waals surface area contributed by atoms with Crippen LogP contribution in [0.4, 0.5) is 16.3 Å². The van der Waals surface area contributed by atoms with Gasteiger partial charge in [-0.1, -0.05) is 12.1 Å². The lowest BCUT2D eigenvalue weighted by molar-refractivity contribution is 0.0522. The van der Waals surface area contributed by atoms with Crippen LogP contribution >= 0.6 is 11.6 Å². The highest BCUT2D eigenvalue weighted by Crippen LogP contribution is 2.27. The first-order valence-corrected chi connectivity index (χ1v) is 9.08. The molecule has 142 valence electrons. The molecule has 8 heteroatoms. The summed E-state index contributed by atoms with van der Waals surface area (Å²) >= 11 is 6.05. The minimum atomic E-state index is -0.593. The van der Waals surface area contributed by atoms with Gasteiger partial charge in [-0.15, -0.1) is 0 Å². The summed E-state index contributed by atoms with van der Waals surface area (Å²) in [5.41, 5.74) is 1.61. The van der Waals surface area contributed by atoms with Crippen molar-refractivity contribution in [2.75, 3.05) is 5.32 Å². The van der Waals surface area contributed by atoms with Crippen LogP contribution in [0.2, 0.25) is 5.28 Å². The second kappa shape index (κ2) is 6.76. The van der Waals surface area contributed by atoms with Crippen LogP contribution in [-0.2, 0) is 4.74 Å². The third-order valence-corrected chi connectivity index (χ3v) is 4.14. The van der Waals surface area contributed by atoms with E-state index in [1.54, 1.807) is 12.3 Å². The Kier molecular flexibility index (Phi) is 4.39. The molecular formula is C20H18ClN5O2. The number of nitrogens with zero attached hydrogens (tertiary/aromatic N) is 4. The van der Waals surface area contributed by atoms with Gasteiger partial charge in [-0.05, 0) is 62.7 Å². The molecule has 4 aromatic rings. The van der Waals surface area contributed by atoms with Crippen molar-refractivity contribution in [1.29, 1.82) is 0 Å². The normalized spacial score (nSPS) is 11.7. The van der Waals surface area contributed by atoms with E-state index < -0.39 is 11.7 Å². The summed E-state index contributed by atoms with van der Waals surface area (Å²) in [6.07, 6.45) is 1.10. The molecule has 0 fully saturated rings. The fourth-order valence-electron chi connectivity index (χ4n) is 2.84. The molecule has 0 amide bonds. The van der Waals surface area contributed by atoms with Crippen molar-refractivity contribution in [1.82, 2.24) is 19.7 Å². The van der Waals surface area contributed by atoms with E-state index in [1.165, 1.54) is 4.68 Å². The molecule has 0 radical (unpaired) electrons. The standard InChI is InChI=1S/C20H18ClN5O2/c1-20(2,3)28-19(27)26-16-9-8-13(10-12(16)11-22-26)23-17-14-6-4-5-7-15(14)24-18(21)25-17/h4-11H,1-3H3,(H,23,24,25). The van der Waals surface area contributed by atoms with Crippen molar-refractivity contribution in [3.8, 4) is 0 Å². The Morgan fingerprint density at radius 2 is 1.93 bits per heavy atom. The maximum absolute atomic E-state index is 12.3. The molecule has 4 rings (SSSR count). The van der Waals surface area contributed by atoms with Crippen molar-refractivity contribution in [2.45, 2.75) is 26.4 Å². The number of ether oxygens (including phenoxy) is 1. The Morgan fingerprint density at radius 3 is 2.71 bits per heavy atom. The van der Waals surface area contributed by atoms with Gasteiger partial charge in [0.05, 0.1) is 17.2 Å². The monoisotopic (exact) mass is 395 g/mol. The van der Waals surface area contributed by atoms with Crippen LogP contribution in [0.1, 0.15) is 20.8 Å². The first kappa shape index (κ1) is 18.2. The molecule has 2 aromatic heterocycles. The van der Waals surface area contributed by atoms with E-state index in [9.17, 15) is 4.79 Å². The van der Waals surface area contributed by atoms with Crippen LogP contribution in [0, 0.1) is 0 Å². The minimum absolute atomic E-state index is 0.167. The SMILES string of the molecule is CC(C)(C)OC(=O)n1ncc2cc(Nc3nc(Cl)nc4ccccc34)ccc21. The highest BCUT2D eigenvalue weighted by molar-refractivity contribution is 6.28. The van der Waals surface area contributed by atoms with Gasteiger partial charge in [-0.3, -0.25) is 0 Å². The number of fused-ring (bicyclic) bond motifs is 2. The molecule has 0 bridgehead atoms. The number of anilines is 2. The number of para-hydroxylation sites is 1. The van der Waals surface area contributed by atoms with Crippen LogP contribution in [0.15, 0.2) is 48.7 Å². The molecule has 0 aliphatic carbocycles. The highest BCUT2D eigenvalue weighted by atomic mass is 35.5. The maximum Gasteiger partial charge on any atom is 0.435 e. The Hall–Kier alpha value is -3.19. The van der Waals surface area contributed by atoms with Crippen LogP contribution in [0.25, 0.3) is 21.8 Å². The fraction of sp³-hybridized carbons (Fsp3) is 0.200. The number of hydrogen-bond donors (Lipinski definition) is 1. The average molecular weight is 396 g/mol. The first-order valence-electron chi connectivity index (χ1n) is 8.71. The van der Waals surface area contributed by atoms with Crippen LogP contribution < -0.4 is 5.32 Å². The van der Waals surface area contributed by atoms with Crippen molar-refractivity contribution in [3.05, 3.63) is 53.9 Å². The zero-order chi connectivity index (χ0) is 19.9. The first-order chi connectivity index (χ1) is 13.3. The molecule has 1 N–H and O–H groups in total. The summed E-state index contributed by atoms with van der Waals surface area (Å²) in [4.78, 5) is 20.9. The lowest BCUT2D eigenvalue weighted by Crippen LogP contribution is -2.27. The molecule has 0 spiro atoms. The van der Waals surface area contributed by atoms with E-state index >= 15 is 0 Å². The summed E-state index contributed by atoms with van der Waals surface area (Å²) in [5, 5.41) is 9.24. The number of nitrogens with one attached hydrogen (secondary N) is 1. The van der Waals surface area contributed by atoms with Crippen molar-refractivity contribution < 1.29 is 9.53 Å². The summed E-state index contributed by atoms with van der Waals surface area (Å²) < 4.78 is 6.64. The summed E-state index contributed by atoms with van der Waals surface area (Å²) in [5.74, 6) is 0.606. The van der Waals surface area contributed by atoms with Crippen LogP contribution in [0.5, 0.6) is 0 Å². The van der Waals surface area contributed by atoms with Gasteiger partial charge in [-0.2, -0.15) is 14.8 Å². The molecule has 28 heavy (non-hydrogen) atoms. The lowest BCUT2D eigenvalue weighted by atomic mass is 10.2. The Bertz CT molecular complexity index is 1200. The molecule has 7 nitrogen and oxygen atoms in total. The lowest BCUT2D eigenvalue weighted by Gasteiger charge is -2.19. The third kappa shape index (κ3) is 3.61. The van der Waals surface area contributed by atoms with E-state index in [1.807, 2.05) is 57.2 Å². The zero-order valence-electron chi connectivity index (χ0n) is 15.6. The Morgan fingerprint density at radius 1 is 1.14 bits per heavy atom. The molecule has 0 aliphatic rings. The van der Waals surface area contributed by atoms with Gasteiger partial charge in [0.15, 0.2) is 0 Å². The van der Waals surface area contributed by atoms with Gasteiger partial charge >= 0.3 is 6.09 Å². The van der Waals surface area contributed by atoms with Crippen molar-refractivity contribution in [2.24, 2.45) is 0 Å². The Balaban J connectivity index is 1.68. The molecule has 2 heterocycles. The second-order valence-electron chi connectivity index (χ2n) is 7.29. The number of rotatable bonds is 2. The molecular weight excluding hydrogens is 378 g/mol. The number of benzene rings is 2. The van der Waals surface area contributed by atoms with Crippen LogP contribution in [0.3, 0.4) is 0 Å². The molecule has 0 atom stereocenters. The predicted octanol–water partition coefficient (Wildman–Crippen LogP) is 5.16. The molecule has 0 saturated carbocycles. The predicted molar refractivity (Wildman–Crippen MR) is 109 cm³/mol. The Labute approximate surface area is 166 Å². The summed E-state index contributed by atoms with van der Waals surface area (Å²) in [7, 11) is 0. The van der Waals surface area contributed by atoms with Gasteiger partial charge in [0.2, 0.25) is 5.28 Å². The molecule has 0 aliphatic heterocycles. The topological polar surface area (TPSA) is 81.9 Å². The largest absolute Gasteiger partial charge is 0.442 e. The summed E-state index contributed by atoms with van der Waals surface area (Å²) in [6, 6.07) is 13.1. The molecule has 2 aromatic carbocycles. The van der Waals surface area contributed by atoms with E-state index in [-0.39, 0.29) is 5.28 Å². The van der Waals surface area contributed by atoms with Crippen LogP contribution in [-0.4, -0.2) is 31.4 Å². The van der Waals surface area contributed by atoms with Gasteiger partial charge in [-0.25, -0.2) is 9.78 Å². The van der Waals surface area contributed by atoms with Gasteiger partial charge in [0.1, 0.15) is 11.4 Å².